The number of unbranched alkanes of at least 4 members (excludes halogenated alkanes) is 9. The van der Waals surface area contributed by atoms with E-state index in [9.17, 15) is 0 Å². The van der Waals surface area contributed by atoms with E-state index in [0.29, 0.717) is 0 Å². The Hall–Kier alpha value is -0.300. The van der Waals surface area contributed by atoms with E-state index in [-0.39, 0.29) is 6.10 Å². The molecule has 0 aliphatic heterocycles. The van der Waals surface area contributed by atoms with Crippen molar-refractivity contribution >= 4 is 0 Å². The second-order valence-electron chi connectivity index (χ2n) is 5.51. The maximum absolute atomic E-state index is 9.12. The third-order valence-electron chi connectivity index (χ3n) is 3.38. The topological polar surface area (TPSA) is 20.2 Å². The lowest BCUT2D eigenvalue weighted by atomic mass is 10.1. The van der Waals surface area contributed by atoms with Crippen molar-refractivity contribution < 1.29 is 5.11 Å². The number of rotatable bonds is 13. The van der Waals surface area contributed by atoms with Gasteiger partial charge in [-0.1, -0.05) is 70.4 Å². The molecular formula is C17H34O. The normalized spacial score (nSPS) is 13.3. The van der Waals surface area contributed by atoms with Gasteiger partial charge in [0.05, 0.1) is 6.10 Å². The molecule has 0 heterocycles. The molecule has 108 valence electrons. The predicted molar refractivity (Wildman–Crippen MR) is 81.9 cm³/mol. The van der Waals surface area contributed by atoms with Crippen LogP contribution in [0.3, 0.4) is 0 Å². The zero-order chi connectivity index (χ0) is 13.5. The highest BCUT2D eigenvalue weighted by Crippen LogP contribution is 2.11. The van der Waals surface area contributed by atoms with Crippen LogP contribution in [0.5, 0.6) is 0 Å². The van der Waals surface area contributed by atoms with Crippen LogP contribution >= 0.6 is 0 Å². The minimum atomic E-state index is -0.107. The van der Waals surface area contributed by atoms with Crippen LogP contribution in [-0.2, 0) is 0 Å². The van der Waals surface area contributed by atoms with Gasteiger partial charge in [-0.05, 0) is 32.6 Å². The molecule has 0 radical (unpaired) electrons. The van der Waals surface area contributed by atoms with Crippen LogP contribution in [0.15, 0.2) is 12.2 Å². The van der Waals surface area contributed by atoms with Gasteiger partial charge in [-0.15, -0.1) is 0 Å². The molecule has 0 saturated heterocycles. The molecule has 1 nitrogen and oxygen atoms in total. The van der Waals surface area contributed by atoms with Crippen LogP contribution in [0, 0.1) is 0 Å². The van der Waals surface area contributed by atoms with Crippen LogP contribution < -0.4 is 0 Å². The molecule has 0 aromatic heterocycles. The van der Waals surface area contributed by atoms with E-state index in [1.54, 1.807) is 0 Å². The summed E-state index contributed by atoms with van der Waals surface area (Å²) in [5.74, 6) is 0. The number of aliphatic hydroxyl groups excluding tert-OH is 1. The zero-order valence-electron chi connectivity index (χ0n) is 12.7. The molecule has 0 aliphatic rings. The third kappa shape index (κ3) is 15.7. The fourth-order valence-corrected chi connectivity index (χ4v) is 2.14. The summed E-state index contributed by atoms with van der Waals surface area (Å²) in [5, 5.41) is 9.12. The molecule has 0 amide bonds. The van der Waals surface area contributed by atoms with Gasteiger partial charge in [0.25, 0.3) is 0 Å². The minimum absolute atomic E-state index is 0.107. The highest BCUT2D eigenvalue weighted by Gasteiger charge is 1.95. The van der Waals surface area contributed by atoms with Crippen LogP contribution in [-0.4, -0.2) is 11.2 Å². The largest absolute Gasteiger partial charge is 0.393 e. The van der Waals surface area contributed by atoms with Crippen molar-refractivity contribution in [2.45, 2.75) is 97.0 Å². The quantitative estimate of drug-likeness (QED) is 0.334. The Balaban J connectivity index is 3.01. The first-order valence-corrected chi connectivity index (χ1v) is 8.10. The summed E-state index contributed by atoms with van der Waals surface area (Å²) >= 11 is 0. The highest BCUT2D eigenvalue weighted by atomic mass is 16.3. The van der Waals surface area contributed by atoms with Crippen LogP contribution in [0.2, 0.25) is 0 Å². The van der Waals surface area contributed by atoms with Crippen molar-refractivity contribution in [3.8, 4) is 0 Å². The first-order chi connectivity index (χ1) is 8.77. The Labute approximate surface area is 115 Å². The van der Waals surface area contributed by atoms with Gasteiger partial charge in [-0.25, -0.2) is 0 Å². The first-order valence-electron chi connectivity index (χ1n) is 8.10. The van der Waals surface area contributed by atoms with E-state index in [4.69, 9.17) is 5.11 Å². The van der Waals surface area contributed by atoms with Gasteiger partial charge in [-0.2, -0.15) is 0 Å². The summed E-state index contributed by atoms with van der Waals surface area (Å²) in [7, 11) is 0. The van der Waals surface area contributed by atoms with Crippen molar-refractivity contribution in [1.82, 2.24) is 0 Å². The summed E-state index contributed by atoms with van der Waals surface area (Å²) in [6.45, 7) is 4.13. The van der Waals surface area contributed by atoms with E-state index in [0.717, 1.165) is 6.42 Å². The highest BCUT2D eigenvalue weighted by molar-refractivity contribution is 4.81. The minimum Gasteiger partial charge on any atom is -0.393 e. The van der Waals surface area contributed by atoms with Crippen molar-refractivity contribution in [1.29, 1.82) is 0 Å². The molecule has 0 aromatic carbocycles. The number of hydrogen-bond donors (Lipinski definition) is 1. The molecular weight excluding hydrogens is 220 g/mol. The SMILES string of the molecule is CCCCC=CCCCCCCCCC[C@@H](C)O. The number of aliphatic hydroxyl groups is 1. The van der Waals surface area contributed by atoms with Crippen molar-refractivity contribution in [2.24, 2.45) is 0 Å². The van der Waals surface area contributed by atoms with Gasteiger partial charge in [-0.3, -0.25) is 0 Å². The Morgan fingerprint density at radius 1 is 0.778 bits per heavy atom. The van der Waals surface area contributed by atoms with E-state index < -0.39 is 0 Å². The van der Waals surface area contributed by atoms with Crippen LogP contribution in [0.1, 0.15) is 90.9 Å². The summed E-state index contributed by atoms with van der Waals surface area (Å²) in [5.41, 5.74) is 0. The summed E-state index contributed by atoms with van der Waals surface area (Å²) < 4.78 is 0. The van der Waals surface area contributed by atoms with Crippen LogP contribution in [0.25, 0.3) is 0 Å². The van der Waals surface area contributed by atoms with Crippen molar-refractivity contribution in [3.63, 3.8) is 0 Å². The van der Waals surface area contributed by atoms with Gasteiger partial charge in [0, 0.05) is 0 Å². The van der Waals surface area contributed by atoms with Gasteiger partial charge >= 0.3 is 0 Å². The first kappa shape index (κ1) is 17.7. The van der Waals surface area contributed by atoms with Gasteiger partial charge in [0.2, 0.25) is 0 Å². The molecule has 1 heteroatoms. The molecule has 0 fully saturated rings. The summed E-state index contributed by atoms with van der Waals surface area (Å²) in [4.78, 5) is 0. The molecule has 0 aliphatic carbocycles. The van der Waals surface area contributed by atoms with E-state index in [2.05, 4.69) is 19.1 Å². The lowest BCUT2D eigenvalue weighted by Gasteiger charge is -2.03. The van der Waals surface area contributed by atoms with E-state index in [1.165, 1.54) is 70.6 Å². The maximum atomic E-state index is 9.12. The Kier molecular flexibility index (Phi) is 14.5. The lowest BCUT2D eigenvalue weighted by Crippen LogP contribution is -1.98. The second kappa shape index (κ2) is 14.8. The standard InChI is InChI=1S/C17H34O/c1-3-4-5-6-7-8-9-10-11-12-13-14-15-16-17(2)18/h6-7,17-18H,3-5,8-16H2,1-2H3/t17-/m1/s1. The molecule has 0 saturated carbocycles. The van der Waals surface area contributed by atoms with Gasteiger partial charge in [0.15, 0.2) is 0 Å². The maximum Gasteiger partial charge on any atom is 0.0512 e. The average molecular weight is 254 g/mol. The molecule has 0 bridgehead atoms. The van der Waals surface area contributed by atoms with Crippen LogP contribution in [0.4, 0.5) is 0 Å². The average Bonchev–Trinajstić information content (AvgIpc) is 2.34. The monoisotopic (exact) mass is 254 g/mol. The number of hydrogen-bond acceptors (Lipinski definition) is 1. The van der Waals surface area contributed by atoms with E-state index >= 15 is 0 Å². The smallest absolute Gasteiger partial charge is 0.0512 e. The molecule has 0 aromatic rings. The Morgan fingerprint density at radius 3 is 1.83 bits per heavy atom. The summed E-state index contributed by atoms with van der Waals surface area (Å²) in [6, 6.07) is 0. The van der Waals surface area contributed by atoms with Gasteiger partial charge < -0.3 is 5.11 Å². The third-order valence-corrected chi connectivity index (χ3v) is 3.38. The molecule has 1 atom stereocenters. The van der Waals surface area contributed by atoms with Crippen molar-refractivity contribution in [3.05, 3.63) is 12.2 Å². The van der Waals surface area contributed by atoms with Crippen molar-refractivity contribution in [2.75, 3.05) is 0 Å². The Morgan fingerprint density at radius 2 is 1.28 bits per heavy atom. The Bertz CT molecular complexity index is 172. The molecule has 0 rings (SSSR count). The predicted octanol–water partition coefficient (Wildman–Crippen LogP) is 5.62. The molecule has 0 spiro atoms. The zero-order valence-corrected chi connectivity index (χ0v) is 12.7. The molecule has 0 unspecified atom stereocenters. The molecule has 1 N–H and O–H groups in total. The summed E-state index contributed by atoms with van der Waals surface area (Å²) in [6.07, 6.45) is 20.1. The van der Waals surface area contributed by atoms with E-state index in [1.807, 2.05) is 6.92 Å². The van der Waals surface area contributed by atoms with Gasteiger partial charge in [0.1, 0.15) is 0 Å². The molecule has 18 heavy (non-hydrogen) atoms. The fourth-order valence-electron chi connectivity index (χ4n) is 2.14. The number of allylic oxidation sites excluding steroid dienone is 2. The second-order valence-corrected chi connectivity index (χ2v) is 5.51. The fraction of sp³-hybridized carbons (Fsp3) is 0.882. The lowest BCUT2D eigenvalue weighted by molar-refractivity contribution is 0.180.